The van der Waals surface area contributed by atoms with E-state index in [4.69, 9.17) is 4.74 Å². The smallest absolute Gasteiger partial charge is 0.409 e. The Hall–Kier alpha value is -1.55. The zero-order valence-corrected chi connectivity index (χ0v) is 12.4. The number of benzene rings is 1. The number of piperazine rings is 1. The van der Waals surface area contributed by atoms with Gasteiger partial charge >= 0.3 is 6.09 Å². The second kappa shape index (κ2) is 7.29. The molecule has 0 unspecified atom stereocenters. The van der Waals surface area contributed by atoms with Crippen molar-refractivity contribution < 1.29 is 9.53 Å². The third-order valence-electron chi connectivity index (χ3n) is 3.80. The molecule has 0 N–H and O–H groups in total. The Labute approximate surface area is 121 Å². The van der Waals surface area contributed by atoms with Crippen LogP contribution in [0.3, 0.4) is 0 Å². The monoisotopic (exact) mass is 276 g/mol. The molecule has 1 fully saturated rings. The van der Waals surface area contributed by atoms with Crippen molar-refractivity contribution in [1.29, 1.82) is 0 Å². The highest BCUT2D eigenvalue weighted by Crippen LogP contribution is 2.17. The van der Waals surface area contributed by atoms with Crippen LogP contribution in [0.25, 0.3) is 0 Å². The molecule has 0 radical (unpaired) electrons. The van der Waals surface area contributed by atoms with Crippen molar-refractivity contribution in [2.24, 2.45) is 0 Å². The van der Waals surface area contributed by atoms with Gasteiger partial charge < -0.3 is 9.64 Å². The normalized spacial score (nSPS) is 17.8. The quantitative estimate of drug-likeness (QED) is 0.847. The maximum absolute atomic E-state index is 11.6. The second-order valence-electron chi connectivity index (χ2n) is 5.30. The molecule has 0 aromatic heterocycles. The van der Waals surface area contributed by atoms with E-state index in [2.05, 4.69) is 36.1 Å². The molecule has 1 atom stereocenters. The number of amides is 1. The summed E-state index contributed by atoms with van der Waals surface area (Å²) in [5, 5.41) is 0. The minimum atomic E-state index is -0.178. The molecule has 1 amide bonds. The summed E-state index contributed by atoms with van der Waals surface area (Å²) in [5.41, 5.74) is 1.38. The Kier molecular flexibility index (Phi) is 5.41. The fourth-order valence-corrected chi connectivity index (χ4v) is 2.60. The van der Waals surface area contributed by atoms with Crippen LogP contribution < -0.4 is 0 Å². The topological polar surface area (TPSA) is 32.8 Å². The molecule has 1 saturated heterocycles. The van der Waals surface area contributed by atoms with E-state index < -0.39 is 0 Å². The van der Waals surface area contributed by atoms with Crippen molar-refractivity contribution in [3.63, 3.8) is 0 Å². The van der Waals surface area contributed by atoms with E-state index in [0.29, 0.717) is 12.5 Å². The average molecular weight is 276 g/mol. The maximum atomic E-state index is 11.6. The minimum absolute atomic E-state index is 0.178. The molecule has 1 aromatic rings. The molecule has 1 aromatic carbocycles. The summed E-state index contributed by atoms with van der Waals surface area (Å²) < 4.78 is 5.04. The first kappa shape index (κ1) is 14.9. The van der Waals surface area contributed by atoms with E-state index in [-0.39, 0.29) is 6.09 Å². The first-order valence-electron chi connectivity index (χ1n) is 7.39. The van der Waals surface area contributed by atoms with Gasteiger partial charge in [-0.2, -0.15) is 0 Å². The lowest BCUT2D eigenvalue weighted by atomic mass is 10.0. The highest BCUT2D eigenvalue weighted by Gasteiger charge is 2.22. The highest BCUT2D eigenvalue weighted by atomic mass is 16.6. The third-order valence-corrected chi connectivity index (χ3v) is 3.80. The Morgan fingerprint density at radius 3 is 2.45 bits per heavy atom. The van der Waals surface area contributed by atoms with Crippen molar-refractivity contribution >= 4 is 6.09 Å². The van der Waals surface area contributed by atoms with Crippen LogP contribution in [-0.2, 0) is 4.74 Å². The van der Waals surface area contributed by atoms with Crippen molar-refractivity contribution in [3.05, 3.63) is 35.9 Å². The van der Waals surface area contributed by atoms with E-state index in [1.54, 1.807) is 4.90 Å². The molecule has 0 saturated carbocycles. The van der Waals surface area contributed by atoms with Crippen molar-refractivity contribution in [3.8, 4) is 0 Å². The molecule has 4 nitrogen and oxygen atoms in total. The SMILES string of the molecule is CCOC(=O)N1CCN(C[C@@H](C)c2ccccc2)CC1. The predicted molar refractivity (Wildman–Crippen MR) is 79.9 cm³/mol. The Balaban J connectivity index is 1.78. The number of hydrogen-bond acceptors (Lipinski definition) is 3. The van der Waals surface area contributed by atoms with E-state index in [1.807, 2.05) is 13.0 Å². The minimum Gasteiger partial charge on any atom is -0.450 e. The second-order valence-corrected chi connectivity index (χ2v) is 5.30. The fourth-order valence-electron chi connectivity index (χ4n) is 2.60. The summed E-state index contributed by atoms with van der Waals surface area (Å²) in [7, 11) is 0. The van der Waals surface area contributed by atoms with Crippen LogP contribution in [0.1, 0.15) is 25.3 Å². The first-order chi connectivity index (χ1) is 9.70. The lowest BCUT2D eigenvalue weighted by molar-refractivity contribution is 0.0784. The van der Waals surface area contributed by atoms with Gasteiger partial charge in [0, 0.05) is 32.7 Å². The van der Waals surface area contributed by atoms with Crippen molar-refractivity contribution in [2.45, 2.75) is 19.8 Å². The van der Waals surface area contributed by atoms with E-state index in [0.717, 1.165) is 32.7 Å². The Morgan fingerprint density at radius 2 is 1.85 bits per heavy atom. The van der Waals surface area contributed by atoms with Crippen LogP contribution in [0.4, 0.5) is 4.79 Å². The van der Waals surface area contributed by atoms with Crippen LogP contribution in [0.5, 0.6) is 0 Å². The van der Waals surface area contributed by atoms with E-state index in [9.17, 15) is 4.79 Å². The van der Waals surface area contributed by atoms with Gasteiger partial charge in [0.05, 0.1) is 6.61 Å². The maximum Gasteiger partial charge on any atom is 0.409 e. The van der Waals surface area contributed by atoms with Crippen LogP contribution in [-0.4, -0.2) is 55.2 Å². The number of ether oxygens (including phenoxy) is 1. The number of carbonyl (C=O) groups excluding carboxylic acids is 1. The van der Waals surface area contributed by atoms with Gasteiger partial charge in [0.25, 0.3) is 0 Å². The van der Waals surface area contributed by atoms with Crippen molar-refractivity contribution in [1.82, 2.24) is 9.80 Å². The number of nitrogens with zero attached hydrogens (tertiary/aromatic N) is 2. The Morgan fingerprint density at radius 1 is 1.20 bits per heavy atom. The largest absolute Gasteiger partial charge is 0.450 e. The highest BCUT2D eigenvalue weighted by molar-refractivity contribution is 5.67. The summed E-state index contributed by atoms with van der Waals surface area (Å²) in [6, 6.07) is 10.6. The van der Waals surface area contributed by atoms with Gasteiger partial charge in [0.15, 0.2) is 0 Å². The molecule has 4 heteroatoms. The van der Waals surface area contributed by atoms with Crippen LogP contribution in [0, 0.1) is 0 Å². The van der Waals surface area contributed by atoms with Crippen LogP contribution in [0.15, 0.2) is 30.3 Å². The summed E-state index contributed by atoms with van der Waals surface area (Å²) in [6.45, 7) is 8.97. The standard InChI is InChI=1S/C16H24N2O2/c1-3-20-16(19)18-11-9-17(10-12-18)13-14(2)15-7-5-4-6-8-15/h4-8,14H,3,9-13H2,1-2H3/t14-/m1/s1. The summed E-state index contributed by atoms with van der Waals surface area (Å²) >= 11 is 0. The molecule has 1 aliphatic rings. The predicted octanol–water partition coefficient (Wildman–Crippen LogP) is 2.56. The fraction of sp³-hybridized carbons (Fsp3) is 0.562. The van der Waals surface area contributed by atoms with Gasteiger partial charge in [-0.15, -0.1) is 0 Å². The van der Waals surface area contributed by atoms with Crippen molar-refractivity contribution in [2.75, 3.05) is 39.3 Å². The Bertz CT molecular complexity index is 414. The van der Waals surface area contributed by atoms with Crippen LogP contribution >= 0.6 is 0 Å². The molecule has 20 heavy (non-hydrogen) atoms. The lowest BCUT2D eigenvalue weighted by Gasteiger charge is -2.35. The van der Waals surface area contributed by atoms with Gasteiger partial charge in [0.2, 0.25) is 0 Å². The summed E-state index contributed by atoms with van der Waals surface area (Å²) in [4.78, 5) is 15.9. The average Bonchev–Trinajstić information content (AvgIpc) is 2.49. The summed E-state index contributed by atoms with van der Waals surface area (Å²) in [6.07, 6.45) is -0.178. The molecule has 0 bridgehead atoms. The lowest BCUT2D eigenvalue weighted by Crippen LogP contribution is -2.49. The van der Waals surface area contributed by atoms with Crippen LogP contribution in [0.2, 0.25) is 0 Å². The molecule has 110 valence electrons. The zero-order chi connectivity index (χ0) is 14.4. The number of hydrogen-bond donors (Lipinski definition) is 0. The molecule has 1 aliphatic heterocycles. The van der Waals surface area contributed by atoms with Gasteiger partial charge in [-0.25, -0.2) is 4.79 Å². The molecule has 0 aliphatic carbocycles. The van der Waals surface area contributed by atoms with Gasteiger partial charge in [-0.3, -0.25) is 4.90 Å². The van der Waals surface area contributed by atoms with Gasteiger partial charge in [-0.05, 0) is 18.4 Å². The number of rotatable bonds is 4. The van der Waals surface area contributed by atoms with E-state index in [1.165, 1.54) is 5.56 Å². The van der Waals surface area contributed by atoms with Gasteiger partial charge in [0.1, 0.15) is 0 Å². The number of carbonyl (C=O) groups is 1. The molecular formula is C16H24N2O2. The summed E-state index contributed by atoms with van der Waals surface area (Å²) in [5.74, 6) is 0.519. The zero-order valence-electron chi connectivity index (χ0n) is 12.4. The third kappa shape index (κ3) is 3.97. The molecule has 1 heterocycles. The van der Waals surface area contributed by atoms with Gasteiger partial charge in [-0.1, -0.05) is 37.3 Å². The molecule has 2 rings (SSSR count). The first-order valence-corrected chi connectivity index (χ1v) is 7.39. The van der Waals surface area contributed by atoms with E-state index >= 15 is 0 Å². The molecule has 0 spiro atoms. The molecular weight excluding hydrogens is 252 g/mol.